The number of rotatable bonds is 4. The zero-order valence-corrected chi connectivity index (χ0v) is 14.0. The first kappa shape index (κ1) is 15.7. The summed E-state index contributed by atoms with van der Waals surface area (Å²) in [6, 6.07) is 7.62. The van der Waals surface area contributed by atoms with Gasteiger partial charge in [-0.1, -0.05) is 26.8 Å². The number of aromatic nitrogens is 2. The fourth-order valence-corrected chi connectivity index (χ4v) is 2.47. The third-order valence-corrected chi connectivity index (χ3v) is 4.18. The molecule has 2 aromatic heterocycles. The van der Waals surface area contributed by atoms with Crippen molar-refractivity contribution < 1.29 is 4.79 Å². The number of pyridine rings is 2. The van der Waals surface area contributed by atoms with Gasteiger partial charge in [0.25, 0.3) is 5.91 Å². The van der Waals surface area contributed by atoms with Crippen molar-refractivity contribution in [1.82, 2.24) is 9.97 Å². The average molecular weight is 309 g/mol. The smallest absolute Gasteiger partial charge is 0.261 e. The molecule has 1 aliphatic rings. The van der Waals surface area contributed by atoms with Crippen LogP contribution in [0.15, 0.2) is 42.9 Å². The summed E-state index contributed by atoms with van der Waals surface area (Å²) in [5, 5.41) is 0. The average Bonchev–Trinajstić information content (AvgIpc) is 3.36. The largest absolute Gasteiger partial charge is 0.292 e. The van der Waals surface area contributed by atoms with Crippen molar-refractivity contribution in [2.24, 2.45) is 5.92 Å². The number of amides is 1. The summed E-state index contributed by atoms with van der Waals surface area (Å²) in [7, 11) is 0. The molecule has 0 unspecified atom stereocenters. The summed E-state index contributed by atoms with van der Waals surface area (Å²) in [4.78, 5) is 23.2. The normalized spacial score (nSPS) is 14.6. The lowest BCUT2D eigenvalue weighted by molar-refractivity contribution is 0.0984. The third-order valence-electron chi connectivity index (χ3n) is 4.18. The third kappa shape index (κ3) is 3.76. The molecule has 4 heteroatoms. The summed E-state index contributed by atoms with van der Waals surface area (Å²) in [5.74, 6) is 1.29. The molecule has 120 valence electrons. The van der Waals surface area contributed by atoms with Crippen molar-refractivity contribution in [3.63, 3.8) is 0 Å². The van der Waals surface area contributed by atoms with E-state index in [4.69, 9.17) is 0 Å². The molecule has 3 rings (SSSR count). The lowest BCUT2D eigenvalue weighted by atomic mass is 9.88. The molecular formula is C19H23N3O. The van der Waals surface area contributed by atoms with Crippen LogP contribution in [0.25, 0.3) is 0 Å². The Morgan fingerprint density at radius 2 is 2.00 bits per heavy atom. The van der Waals surface area contributed by atoms with E-state index in [2.05, 4.69) is 36.8 Å². The Morgan fingerprint density at radius 3 is 2.52 bits per heavy atom. The molecule has 2 heterocycles. The first-order chi connectivity index (χ1) is 10.9. The second kappa shape index (κ2) is 6.11. The number of hydrogen-bond acceptors (Lipinski definition) is 3. The molecule has 0 atom stereocenters. The maximum Gasteiger partial charge on any atom is 0.261 e. The number of carbonyl (C=O) groups excluding carboxylic acids is 1. The second-order valence-corrected chi connectivity index (χ2v) is 7.26. The van der Waals surface area contributed by atoms with E-state index in [0.29, 0.717) is 11.5 Å². The van der Waals surface area contributed by atoms with Crippen molar-refractivity contribution in [3.05, 3.63) is 54.0 Å². The summed E-state index contributed by atoms with van der Waals surface area (Å²) < 4.78 is 0. The molecule has 0 bridgehead atoms. The van der Waals surface area contributed by atoms with E-state index in [9.17, 15) is 4.79 Å². The predicted octanol–water partition coefficient (Wildman–Crippen LogP) is 3.83. The van der Waals surface area contributed by atoms with E-state index in [1.807, 2.05) is 12.3 Å². The van der Waals surface area contributed by atoms with Gasteiger partial charge in [-0.2, -0.15) is 0 Å². The van der Waals surface area contributed by atoms with Crippen LogP contribution in [0.3, 0.4) is 0 Å². The molecule has 4 nitrogen and oxygen atoms in total. The monoisotopic (exact) mass is 309 g/mol. The van der Waals surface area contributed by atoms with E-state index >= 15 is 0 Å². The van der Waals surface area contributed by atoms with Gasteiger partial charge < -0.3 is 0 Å². The molecule has 0 spiro atoms. The van der Waals surface area contributed by atoms with Gasteiger partial charge in [0, 0.05) is 25.1 Å². The van der Waals surface area contributed by atoms with Gasteiger partial charge in [0.2, 0.25) is 0 Å². The summed E-state index contributed by atoms with van der Waals surface area (Å²) in [6.07, 6.45) is 7.56. The summed E-state index contributed by atoms with van der Waals surface area (Å²) in [6.45, 7) is 7.21. The molecule has 0 aromatic carbocycles. The molecule has 1 fully saturated rings. The highest BCUT2D eigenvalue weighted by molar-refractivity contribution is 6.05. The molecule has 1 aliphatic carbocycles. The maximum atomic E-state index is 12.8. The van der Waals surface area contributed by atoms with E-state index in [-0.39, 0.29) is 11.3 Å². The lowest BCUT2D eigenvalue weighted by Crippen LogP contribution is -2.33. The fraction of sp³-hybridized carbons (Fsp3) is 0.421. The van der Waals surface area contributed by atoms with Crippen LogP contribution in [0, 0.1) is 5.92 Å². The fourth-order valence-electron chi connectivity index (χ4n) is 2.47. The maximum absolute atomic E-state index is 12.8. The molecule has 0 aliphatic heterocycles. The van der Waals surface area contributed by atoms with Crippen LogP contribution in [0.5, 0.6) is 0 Å². The molecule has 2 aromatic rings. The molecule has 0 saturated heterocycles. The highest BCUT2D eigenvalue weighted by atomic mass is 16.2. The first-order valence-corrected chi connectivity index (χ1v) is 8.13. The van der Waals surface area contributed by atoms with Crippen LogP contribution in [0.4, 0.5) is 5.82 Å². The molecule has 0 radical (unpaired) electrons. The zero-order valence-electron chi connectivity index (χ0n) is 14.0. The Kier molecular flexibility index (Phi) is 4.16. The van der Waals surface area contributed by atoms with Crippen LogP contribution in [-0.2, 0) is 5.41 Å². The van der Waals surface area contributed by atoms with Crippen LogP contribution < -0.4 is 4.90 Å². The highest BCUT2D eigenvalue weighted by Gasteiger charge is 2.29. The van der Waals surface area contributed by atoms with Crippen molar-refractivity contribution in [1.29, 1.82) is 0 Å². The van der Waals surface area contributed by atoms with Gasteiger partial charge in [0.1, 0.15) is 5.82 Å². The SMILES string of the molecule is CC(C)(C)c1ccc(N(CC2CC2)C(=O)c2cccnc2)nc1. The zero-order chi connectivity index (χ0) is 16.4. The van der Waals surface area contributed by atoms with Gasteiger partial charge in [-0.05, 0) is 47.9 Å². The van der Waals surface area contributed by atoms with Gasteiger partial charge in [0.05, 0.1) is 5.56 Å². The Bertz CT molecular complexity index is 670. The standard InChI is InChI=1S/C19H23N3O/c1-19(2,3)16-8-9-17(21-12-16)22(13-14-6-7-14)18(23)15-5-4-10-20-11-15/h4-5,8-12,14H,6-7,13H2,1-3H3. The Hall–Kier alpha value is -2.23. The van der Waals surface area contributed by atoms with Gasteiger partial charge in [-0.25, -0.2) is 4.98 Å². The van der Waals surface area contributed by atoms with Gasteiger partial charge in [0.15, 0.2) is 0 Å². The number of carbonyl (C=O) groups is 1. The van der Waals surface area contributed by atoms with E-state index in [0.717, 1.165) is 12.4 Å². The van der Waals surface area contributed by atoms with Crippen LogP contribution in [0.2, 0.25) is 0 Å². The second-order valence-electron chi connectivity index (χ2n) is 7.26. The van der Waals surface area contributed by atoms with E-state index < -0.39 is 0 Å². The molecule has 1 saturated carbocycles. The van der Waals surface area contributed by atoms with Crippen LogP contribution in [-0.4, -0.2) is 22.4 Å². The van der Waals surface area contributed by atoms with Crippen molar-refractivity contribution >= 4 is 11.7 Å². The summed E-state index contributed by atoms with van der Waals surface area (Å²) in [5.41, 5.74) is 1.83. The highest BCUT2D eigenvalue weighted by Crippen LogP contribution is 2.32. The van der Waals surface area contributed by atoms with Gasteiger partial charge in [-0.15, -0.1) is 0 Å². The topological polar surface area (TPSA) is 46.1 Å². The Balaban J connectivity index is 1.88. The number of anilines is 1. The minimum atomic E-state index is -0.0268. The van der Waals surface area contributed by atoms with Gasteiger partial charge >= 0.3 is 0 Å². The summed E-state index contributed by atoms with van der Waals surface area (Å²) >= 11 is 0. The first-order valence-electron chi connectivity index (χ1n) is 8.13. The van der Waals surface area contributed by atoms with E-state index in [1.54, 1.807) is 29.4 Å². The van der Waals surface area contributed by atoms with Crippen molar-refractivity contribution in [2.45, 2.75) is 39.0 Å². The molecule has 23 heavy (non-hydrogen) atoms. The van der Waals surface area contributed by atoms with Gasteiger partial charge in [-0.3, -0.25) is 14.7 Å². The van der Waals surface area contributed by atoms with Crippen molar-refractivity contribution in [3.8, 4) is 0 Å². The number of hydrogen-bond donors (Lipinski definition) is 0. The minimum Gasteiger partial charge on any atom is -0.292 e. The Labute approximate surface area is 137 Å². The molecule has 1 amide bonds. The molecular weight excluding hydrogens is 286 g/mol. The lowest BCUT2D eigenvalue weighted by Gasteiger charge is -2.24. The quantitative estimate of drug-likeness (QED) is 0.862. The van der Waals surface area contributed by atoms with Crippen LogP contribution in [0.1, 0.15) is 49.5 Å². The predicted molar refractivity (Wildman–Crippen MR) is 91.6 cm³/mol. The Morgan fingerprint density at radius 1 is 1.22 bits per heavy atom. The minimum absolute atomic E-state index is 0.0268. The van der Waals surface area contributed by atoms with Crippen LogP contribution >= 0.6 is 0 Å². The number of nitrogens with zero attached hydrogens (tertiary/aromatic N) is 3. The van der Waals surface area contributed by atoms with Crippen molar-refractivity contribution in [2.75, 3.05) is 11.4 Å². The van der Waals surface area contributed by atoms with E-state index in [1.165, 1.54) is 18.4 Å². The molecule has 0 N–H and O–H groups in total.